The molecule has 0 saturated carbocycles. The van der Waals surface area contributed by atoms with Gasteiger partial charge in [-0.2, -0.15) is 5.26 Å². The number of fused-ring (bicyclic) bond motifs is 1. The van der Waals surface area contributed by atoms with Gasteiger partial charge in [-0.3, -0.25) is 0 Å². The fourth-order valence-electron chi connectivity index (χ4n) is 5.15. The van der Waals surface area contributed by atoms with Gasteiger partial charge in [0.2, 0.25) is 0 Å². The van der Waals surface area contributed by atoms with E-state index in [4.69, 9.17) is 5.26 Å². The van der Waals surface area contributed by atoms with Crippen molar-refractivity contribution in [2.75, 3.05) is 22.1 Å². The number of alkyl halides is 3. The number of amides is 2. The minimum absolute atomic E-state index is 0.229. The third kappa shape index (κ3) is 5.65. The van der Waals surface area contributed by atoms with Gasteiger partial charge >= 0.3 is 12.4 Å². The summed E-state index contributed by atoms with van der Waals surface area (Å²) in [4.78, 5) is 14.7. The summed E-state index contributed by atoms with van der Waals surface area (Å²) in [5.74, 6) is -1.31. The largest absolute Gasteiger partial charge is 0.573 e. The Labute approximate surface area is 238 Å². The van der Waals surface area contributed by atoms with Crippen LogP contribution in [0.5, 0.6) is 11.5 Å². The Morgan fingerprint density at radius 2 is 1.69 bits per heavy atom. The first-order chi connectivity index (χ1) is 19.9. The minimum Gasteiger partial charge on any atom is -0.506 e. The van der Waals surface area contributed by atoms with Gasteiger partial charge in [-0.05, 0) is 59.7 Å². The summed E-state index contributed by atoms with van der Waals surface area (Å²) in [7, 11) is 0. The normalized spacial score (nSPS) is 13.7. The lowest BCUT2D eigenvalue weighted by Gasteiger charge is -2.25. The van der Waals surface area contributed by atoms with Crippen molar-refractivity contribution in [3.63, 3.8) is 0 Å². The fraction of sp³-hybridized carbons (Fsp3) is 0.161. The van der Waals surface area contributed by atoms with E-state index < -0.39 is 29.4 Å². The second-order valence-electron chi connectivity index (χ2n) is 10.3. The van der Waals surface area contributed by atoms with Crippen molar-refractivity contribution in [1.82, 2.24) is 0 Å². The Bertz CT molecular complexity index is 1700. The highest BCUT2D eigenvalue weighted by atomic mass is 19.4. The van der Waals surface area contributed by atoms with Crippen molar-refractivity contribution in [3.8, 4) is 28.7 Å². The lowest BCUT2D eigenvalue weighted by Crippen LogP contribution is -2.27. The molecule has 1 aliphatic rings. The molecule has 0 bridgehead atoms. The van der Waals surface area contributed by atoms with E-state index in [1.807, 2.05) is 19.9 Å². The molecule has 7 nitrogen and oxygen atoms in total. The van der Waals surface area contributed by atoms with E-state index in [-0.39, 0.29) is 11.4 Å². The van der Waals surface area contributed by atoms with Crippen molar-refractivity contribution in [3.05, 3.63) is 95.8 Å². The second-order valence-corrected chi connectivity index (χ2v) is 10.3. The van der Waals surface area contributed by atoms with Gasteiger partial charge in [0.15, 0.2) is 0 Å². The maximum absolute atomic E-state index is 15.4. The quantitative estimate of drug-likeness (QED) is 0.209. The number of carbonyl (C=O) groups excluding carboxylic acids is 1. The zero-order valence-corrected chi connectivity index (χ0v) is 22.4. The first-order valence-electron chi connectivity index (χ1n) is 12.7. The molecule has 11 heteroatoms. The van der Waals surface area contributed by atoms with Crippen LogP contribution in [0.3, 0.4) is 0 Å². The van der Waals surface area contributed by atoms with Crippen LogP contribution in [-0.4, -0.2) is 24.0 Å². The summed E-state index contributed by atoms with van der Waals surface area (Å²) in [6.07, 6.45) is -4.83. The molecule has 5 rings (SSSR count). The molecule has 0 aromatic heterocycles. The van der Waals surface area contributed by atoms with Crippen molar-refractivity contribution >= 4 is 28.8 Å². The summed E-state index contributed by atoms with van der Waals surface area (Å²) in [5.41, 5.74) is 2.73. The number of urea groups is 1. The third-order valence-electron chi connectivity index (χ3n) is 6.82. The van der Waals surface area contributed by atoms with Crippen molar-refractivity contribution in [2.45, 2.75) is 25.6 Å². The van der Waals surface area contributed by atoms with Gasteiger partial charge in [0.1, 0.15) is 17.3 Å². The summed E-state index contributed by atoms with van der Waals surface area (Å²) < 4.78 is 56.6. The number of hydrogen-bond acceptors (Lipinski definition) is 5. The Kier molecular flexibility index (Phi) is 7.16. The summed E-state index contributed by atoms with van der Waals surface area (Å²) >= 11 is 0. The maximum atomic E-state index is 15.4. The second kappa shape index (κ2) is 10.6. The Balaban J connectivity index is 1.46. The first-order valence-corrected chi connectivity index (χ1v) is 12.7. The highest BCUT2D eigenvalue weighted by Crippen LogP contribution is 2.54. The van der Waals surface area contributed by atoms with E-state index in [9.17, 15) is 23.1 Å². The number of phenolic OH excluding ortho intramolecular Hbond substituents is 1. The van der Waals surface area contributed by atoms with E-state index in [2.05, 4.69) is 15.4 Å². The molecule has 0 saturated heterocycles. The Hall–Kier alpha value is -5.24. The average molecular weight is 577 g/mol. The number of hydrogen-bond donors (Lipinski definition) is 3. The molecular weight excluding hydrogens is 552 g/mol. The highest BCUT2D eigenvalue weighted by Gasteiger charge is 2.42. The van der Waals surface area contributed by atoms with Gasteiger partial charge in [-0.15, -0.1) is 13.2 Å². The van der Waals surface area contributed by atoms with Gasteiger partial charge in [-0.25, -0.2) is 9.18 Å². The highest BCUT2D eigenvalue weighted by molar-refractivity contribution is 6.03. The number of nitrogens with one attached hydrogen (secondary N) is 2. The van der Waals surface area contributed by atoms with Gasteiger partial charge < -0.3 is 25.4 Å². The molecule has 2 amide bonds. The molecule has 4 aromatic rings. The molecule has 42 heavy (non-hydrogen) atoms. The molecule has 3 N–H and O–H groups in total. The summed E-state index contributed by atoms with van der Waals surface area (Å²) in [6, 6.07) is 20.5. The molecule has 214 valence electrons. The Morgan fingerprint density at radius 1 is 1.02 bits per heavy atom. The van der Waals surface area contributed by atoms with E-state index in [1.54, 1.807) is 53.4 Å². The maximum Gasteiger partial charge on any atom is 0.573 e. The fourth-order valence-corrected chi connectivity index (χ4v) is 5.15. The van der Waals surface area contributed by atoms with E-state index in [0.29, 0.717) is 45.9 Å². The van der Waals surface area contributed by atoms with Crippen LogP contribution in [0.15, 0.2) is 78.9 Å². The molecule has 0 unspecified atom stereocenters. The van der Waals surface area contributed by atoms with Crippen molar-refractivity contribution in [1.29, 1.82) is 5.26 Å². The molecule has 4 aromatic carbocycles. The SMILES string of the molecule is CC1(C)CN(c2ccccc2NC(=O)Nc2ccc(OC(F)(F)F)cc2)c2c(O)cc(F)c(-c3ccc(C#N)cc3)c21. The van der Waals surface area contributed by atoms with Crippen LogP contribution in [0.2, 0.25) is 0 Å². The number of benzene rings is 4. The van der Waals surface area contributed by atoms with E-state index in [1.165, 1.54) is 12.1 Å². The molecular formula is C31H24F4N4O3. The zero-order valence-electron chi connectivity index (χ0n) is 22.4. The molecule has 1 heterocycles. The van der Waals surface area contributed by atoms with Crippen LogP contribution in [0.1, 0.15) is 25.0 Å². The molecule has 0 fully saturated rings. The van der Waals surface area contributed by atoms with Crippen LogP contribution in [0.25, 0.3) is 11.1 Å². The lowest BCUT2D eigenvalue weighted by atomic mass is 9.81. The molecule has 0 spiro atoms. The van der Waals surface area contributed by atoms with Crippen LogP contribution < -0.4 is 20.3 Å². The average Bonchev–Trinajstić information content (AvgIpc) is 3.21. The predicted octanol–water partition coefficient (Wildman–Crippen LogP) is 8.04. The third-order valence-corrected chi connectivity index (χ3v) is 6.82. The van der Waals surface area contributed by atoms with E-state index >= 15 is 4.39 Å². The predicted molar refractivity (Wildman–Crippen MR) is 150 cm³/mol. The van der Waals surface area contributed by atoms with Crippen LogP contribution in [0.4, 0.5) is 45.1 Å². The number of phenols is 1. The Morgan fingerprint density at radius 3 is 2.33 bits per heavy atom. The summed E-state index contributed by atoms with van der Waals surface area (Å²) in [5, 5.41) is 25.5. The van der Waals surface area contributed by atoms with Gasteiger partial charge in [-0.1, -0.05) is 38.1 Å². The zero-order chi connectivity index (χ0) is 30.2. The number of nitrogens with zero attached hydrogens (tertiary/aromatic N) is 2. The number of anilines is 4. The van der Waals surface area contributed by atoms with Gasteiger partial charge in [0.05, 0.1) is 28.7 Å². The monoisotopic (exact) mass is 576 g/mol. The minimum atomic E-state index is -4.83. The van der Waals surface area contributed by atoms with Crippen molar-refractivity contribution < 1.29 is 32.2 Å². The number of halogens is 4. The number of para-hydroxylation sites is 2. The summed E-state index contributed by atoms with van der Waals surface area (Å²) in [6.45, 7) is 4.18. The van der Waals surface area contributed by atoms with Crippen molar-refractivity contribution in [2.24, 2.45) is 0 Å². The molecule has 1 aliphatic heterocycles. The van der Waals surface area contributed by atoms with Crippen LogP contribution >= 0.6 is 0 Å². The molecule has 0 radical (unpaired) electrons. The first kappa shape index (κ1) is 28.3. The van der Waals surface area contributed by atoms with Gasteiger partial charge in [0.25, 0.3) is 0 Å². The number of rotatable bonds is 5. The standard InChI is InChI=1S/C31H24F4N4O3/c1-30(2)17-39(28-25(40)15-22(32)26(27(28)30)19-9-7-18(16-36)8-10-19)24-6-4-3-5-23(24)38-29(41)37-20-11-13-21(14-12-20)42-31(33,34)35/h3-15,40H,17H2,1-2H3,(H2,37,38,41). The number of carbonyl (C=O) groups is 1. The molecule has 0 atom stereocenters. The van der Waals surface area contributed by atoms with E-state index in [0.717, 1.165) is 18.2 Å². The number of nitriles is 1. The molecule has 0 aliphatic carbocycles. The number of aromatic hydroxyl groups is 1. The van der Waals surface area contributed by atoms with Crippen LogP contribution in [0, 0.1) is 17.1 Å². The number of ether oxygens (including phenoxy) is 1. The topological polar surface area (TPSA) is 97.6 Å². The lowest BCUT2D eigenvalue weighted by molar-refractivity contribution is -0.274. The van der Waals surface area contributed by atoms with Gasteiger partial charge in [0, 0.05) is 29.3 Å². The van der Waals surface area contributed by atoms with Crippen LogP contribution in [-0.2, 0) is 5.41 Å². The smallest absolute Gasteiger partial charge is 0.506 e.